The minimum Gasteiger partial charge on any atom is -0.457 e. The SMILES string of the molecule is CC(C)(C=C(C#N)C(=O)N1CCCC(n2nc(-c3ccc(Oc4ccccc4)cc3F)c3c(N)ncnc32)C1)N(C1CC1)C1COC1. The molecule has 1 aliphatic carbocycles. The van der Waals surface area contributed by atoms with Gasteiger partial charge in [-0.25, -0.2) is 19.0 Å². The monoisotopic (exact) mass is 636 g/mol. The summed E-state index contributed by atoms with van der Waals surface area (Å²) in [6.45, 7) is 6.29. The van der Waals surface area contributed by atoms with E-state index in [9.17, 15) is 10.1 Å². The number of likely N-dealkylation sites (tertiary alicyclic amines) is 1. The van der Waals surface area contributed by atoms with Gasteiger partial charge in [0.25, 0.3) is 5.91 Å². The highest BCUT2D eigenvalue weighted by atomic mass is 19.1. The minimum absolute atomic E-state index is 0.124. The number of aromatic nitrogens is 4. The first-order valence-corrected chi connectivity index (χ1v) is 16.0. The van der Waals surface area contributed by atoms with E-state index in [1.54, 1.807) is 33.8 Å². The van der Waals surface area contributed by atoms with Crippen molar-refractivity contribution in [1.29, 1.82) is 5.26 Å². The van der Waals surface area contributed by atoms with Gasteiger partial charge in [0.05, 0.1) is 30.7 Å². The summed E-state index contributed by atoms with van der Waals surface area (Å²) in [6, 6.07) is 16.4. The van der Waals surface area contributed by atoms with E-state index in [0.29, 0.717) is 73.4 Å². The summed E-state index contributed by atoms with van der Waals surface area (Å²) >= 11 is 0. The molecule has 2 aliphatic heterocycles. The maximum atomic E-state index is 15.7. The molecule has 2 N–H and O–H groups in total. The zero-order valence-corrected chi connectivity index (χ0v) is 26.5. The fourth-order valence-corrected chi connectivity index (χ4v) is 6.87. The van der Waals surface area contributed by atoms with Crippen LogP contribution in [-0.2, 0) is 9.53 Å². The number of anilines is 1. The number of nitrogen functional groups attached to an aromatic ring is 1. The van der Waals surface area contributed by atoms with Gasteiger partial charge in [0.15, 0.2) is 5.65 Å². The Morgan fingerprint density at radius 1 is 1.13 bits per heavy atom. The van der Waals surface area contributed by atoms with Crippen molar-refractivity contribution >= 4 is 22.8 Å². The lowest BCUT2D eigenvalue weighted by molar-refractivity contribution is -0.128. The number of fused-ring (bicyclic) bond motifs is 1. The van der Waals surface area contributed by atoms with E-state index >= 15 is 4.39 Å². The molecule has 47 heavy (non-hydrogen) atoms. The van der Waals surface area contributed by atoms with Gasteiger partial charge < -0.3 is 20.1 Å². The Balaban J connectivity index is 1.16. The zero-order valence-electron chi connectivity index (χ0n) is 26.5. The number of hydrogen-bond donors (Lipinski definition) is 1. The van der Waals surface area contributed by atoms with Gasteiger partial charge in [0.1, 0.15) is 46.8 Å². The topological polar surface area (TPSA) is 135 Å². The molecule has 0 spiro atoms. The van der Waals surface area contributed by atoms with Crippen LogP contribution < -0.4 is 10.5 Å². The number of rotatable bonds is 9. The van der Waals surface area contributed by atoms with Crippen LogP contribution >= 0.6 is 0 Å². The normalized spacial score (nSPS) is 19.1. The lowest BCUT2D eigenvalue weighted by atomic mass is 9.94. The number of hydrogen-bond acceptors (Lipinski definition) is 9. The van der Waals surface area contributed by atoms with E-state index in [2.05, 4.69) is 34.8 Å². The molecule has 2 aromatic carbocycles. The van der Waals surface area contributed by atoms with Gasteiger partial charge in [0.2, 0.25) is 0 Å². The standard InChI is InChI=1S/C35H37FN8O3/c1-35(2,43(23-10-11-23)25-19-46-20-25)16-22(17-37)34(45)42-14-6-7-24(18-42)44-33-30(32(38)39-21-40-33)31(41-44)28-13-12-27(15-29(28)36)47-26-8-4-3-5-9-26/h3-5,8-9,12-13,15-16,21,23-25H,6-7,10-11,14,18-20H2,1-2H3,(H2,38,39,40). The Morgan fingerprint density at radius 3 is 2.60 bits per heavy atom. The van der Waals surface area contributed by atoms with Gasteiger partial charge in [-0.05, 0) is 69.9 Å². The average molecular weight is 637 g/mol. The van der Waals surface area contributed by atoms with Crippen LogP contribution in [0.5, 0.6) is 11.5 Å². The van der Waals surface area contributed by atoms with Gasteiger partial charge in [-0.3, -0.25) is 9.69 Å². The van der Waals surface area contributed by atoms with Gasteiger partial charge in [0, 0.05) is 36.3 Å². The Kier molecular flexibility index (Phi) is 8.11. The van der Waals surface area contributed by atoms with Crippen LogP contribution in [0.4, 0.5) is 10.2 Å². The van der Waals surface area contributed by atoms with E-state index < -0.39 is 11.4 Å². The van der Waals surface area contributed by atoms with Crippen LogP contribution in [0, 0.1) is 17.1 Å². The molecule has 4 aromatic rings. The number of nitrogens with zero attached hydrogens (tertiary/aromatic N) is 7. The van der Waals surface area contributed by atoms with Crippen molar-refractivity contribution in [3.8, 4) is 28.8 Å². The maximum Gasteiger partial charge on any atom is 0.264 e. The van der Waals surface area contributed by atoms with Crippen molar-refractivity contribution in [1.82, 2.24) is 29.5 Å². The molecular formula is C35H37FN8O3. The smallest absolute Gasteiger partial charge is 0.264 e. The third-order valence-corrected chi connectivity index (χ3v) is 9.19. The maximum absolute atomic E-state index is 15.7. The molecule has 1 atom stereocenters. The fraction of sp³-hybridized carbons (Fsp3) is 0.400. The van der Waals surface area contributed by atoms with Crippen LogP contribution in [-0.4, -0.2) is 79.4 Å². The molecule has 7 rings (SSSR count). The van der Waals surface area contributed by atoms with E-state index in [1.807, 2.05) is 24.3 Å². The van der Waals surface area contributed by atoms with E-state index in [4.69, 9.17) is 20.3 Å². The summed E-state index contributed by atoms with van der Waals surface area (Å²) in [4.78, 5) is 26.6. The number of amides is 1. The molecule has 0 bridgehead atoms. The average Bonchev–Trinajstić information content (AvgIpc) is 3.81. The number of halogens is 1. The number of ether oxygens (including phenoxy) is 2. The second-order valence-corrected chi connectivity index (χ2v) is 13.0. The molecule has 11 nitrogen and oxygen atoms in total. The summed E-state index contributed by atoms with van der Waals surface area (Å²) in [5.41, 5.74) is 6.96. The van der Waals surface area contributed by atoms with Gasteiger partial charge >= 0.3 is 0 Å². The minimum atomic E-state index is -0.534. The van der Waals surface area contributed by atoms with Gasteiger partial charge in [-0.2, -0.15) is 10.4 Å². The molecule has 1 unspecified atom stereocenters. The first-order chi connectivity index (χ1) is 22.7. The largest absolute Gasteiger partial charge is 0.457 e. The van der Waals surface area contributed by atoms with Crippen molar-refractivity contribution in [3.63, 3.8) is 0 Å². The van der Waals surface area contributed by atoms with Crippen molar-refractivity contribution in [3.05, 3.63) is 72.3 Å². The van der Waals surface area contributed by atoms with Gasteiger partial charge in [-0.15, -0.1) is 0 Å². The lowest BCUT2D eigenvalue weighted by Crippen LogP contribution is -2.58. The third-order valence-electron chi connectivity index (χ3n) is 9.19. The molecule has 1 amide bonds. The number of para-hydroxylation sites is 1. The van der Waals surface area contributed by atoms with Crippen molar-refractivity contribution in [2.75, 3.05) is 32.0 Å². The Hall–Kier alpha value is -4.86. The molecule has 3 aliphatic rings. The number of carbonyl (C=O) groups is 1. The molecule has 3 fully saturated rings. The zero-order chi connectivity index (χ0) is 32.7. The molecule has 12 heteroatoms. The summed E-state index contributed by atoms with van der Waals surface area (Å²) in [5.74, 6) is 0.274. The second kappa shape index (κ2) is 12.4. The molecule has 0 radical (unpaired) electrons. The highest BCUT2D eigenvalue weighted by molar-refractivity contribution is 5.99. The predicted molar refractivity (Wildman–Crippen MR) is 174 cm³/mol. The first kappa shape index (κ1) is 30.8. The van der Waals surface area contributed by atoms with E-state index in [0.717, 1.165) is 12.8 Å². The molecule has 1 saturated carbocycles. The Labute approximate surface area is 272 Å². The molecular weight excluding hydrogens is 599 g/mol. The Morgan fingerprint density at radius 2 is 1.91 bits per heavy atom. The van der Waals surface area contributed by atoms with Gasteiger partial charge in [-0.1, -0.05) is 18.2 Å². The molecule has 2 aromatic heterocycles. The second-order valence-electron chi connectivity index (χ2n) is 13.0. The number of benzene rings is 2. The number of nitriles is 1. The molecule has 4 heterocycles. The van der Waals surface area contributed by atoms with Crippen molar-refractivity contribution in [2.45, 2.75) is 63.2 Å². The molecule has 242 valence electrons. The van der Waals surface area contributed by atoms with E-state index in [1.165, 1.54) is 12.4 Å². The number of carbonyl (C=O) groups excluding carboxylic acids is 1. The predicted octanol–water partition coefficient (Wildman–Crippen LogP) is 5.26. The third kappa shape index (κ3) is 6.04. The molecule has 2 saturated heterocycles. The van der Waals surface area contributed by atoms with Crippen LogP contribution in [0.15, 0.2) is 66.5 Å². The summed E-state index contributed by atoms with van der Waals surface area (Å²) < 4.78 is 28.7. The Bertz CT molecular complexity index is 1880. The van der Waals surface area contributed by atoms with E-state index in [-0.39, 0.29) is 34.9 Å². The van der Waals surface area contributed by atoms with Crippen molar-refractivity contribution < 1.29 is 18.7 Å². The van der Waals surface area contributed by atoms with Crippen LogP contribution in [0.2, 0.25) is 0 Å². The quantitative estimate of drug-likeness (QED) is 0.193. The van der Waals surface area contributed by atoms with Crippen LogP contribution in [0.1, 0.15) is 45.6 Å². The lowest BCUT2D eigenvalue weighted by Gasteiger charge is -2.46. The summed E-state index contributed by atoms with van der Waals surface area (Å²) in [6.07, 6.45) is 6.81. The van der Waals surface area contributed by atoms with Crippen LogP contribution in [0.25, 0.3) is 22.3 Å². The fourth-order valence-electron chi connectivity index (χ4n) is 6.87. The number of piperidine rings is 1. The van der Waals surface area contributed by atoms with Crippen molar-refractivity contribution in [2.24, 2.45) is 0 Å². The van der Waals surface area contributed by atoms with Crippen LogP contribution in [0.3, 0.4) is 0 Å². The summed E-state index contributed by atoms with van der Waals surface area (Å²) in [5, 5.41) is 15.4. The highest BCUT2D eigenvalue weighted by Gasteiger charge is 2.44. The highest BCUT2D eigenvalue weighted by Crippen LogP contribution is 2.39. The number of nitrogens with two attached hydrogens (primary N) is 1. The summed E-state index contributed by atoms with van der Waals surface area (Å²) in [7, 11) is 0. The first-order valence-electron chi connectivity index (χ1n) is 16.0.